The van der Waals surface area contributed by atoms with Gasteiger partial charge in [0, 0.05) is 6.42 Å². The molecule has 5 atom stereocenters. The lowest BCUT2D eigenvalue weighted by molar-refractivity contribution is -0.117. The van der Waals surface area contributed by atoms with Crippen LogP contribution in [-0.2, 0) is 11.2 Å². The van der Waals surface area contributed by atoms with E-state index in [2.05, 4.69) is 43.3 Å². The standard InChI is InChI=1S/C25H32O/c1-24-13-5-8-22(24)21-10-9-19-16-20(26)11-15-25(19,23(21)12-14-24)17-18-6-3-2-4-7-18/h2-4,6-7,16,21-23H,5,8-15,17H2,1H3/t21-,22-,23+,24-,25+/m0/s1. The molecular weight excluding hydrogens is 316 g/mol. The molecule has 0 spiro atoms. The number of allylic oxidation sites excluding steroid dienone is 1. The van der Waals surface area contributed by atoms with Crippen LogP contribution in [0.3, 0.4) is 0 Å². The molecule has 5 rings (SSSR count). The largest absolute Gasteiger partial charge is 0.295 e. The van der Waals surface area contributed by atoms with Crippen molar-refractivity contribution in [2.75, 3.05) is 0 Å². The van der Waals surface area contributed by atoms with Crippen LogP contribution in [0, 0.1) is 28.6 Å². The first-order chi connectivity index (χ1) is 12.6. The average Bonchev–Trinajstić information content (AvgIpc) is 3.05. The van der Waals surface area contributed by atoms with Gasteiger partial charge in [0.15, 0.2) is 5.78 Å². The lowest BCUT2D eigenvalue weighted by Gasteiger charge is -2.58. The normalized spacial score (nSPS) is 41.8. The zero-order valence-corrected chi connectivity index (χ0v) is 16.2. The van der Waals surface area contributed by atoms with Gasteiger partial charge in [0.25, 0.3) is 0 Å². The molecule has 0 saturated heterocycles. The lowest BCUT2D eigenvalue weighted by atomic mass is 9.46. The Hall–Kier alpha value is -1.37. The zero-order valence-electron chi connectivity index (χ0n) is 16.2. The number of carbonyl (C=O) groups excluding carboxylic acids is 1. The van der Waals surface area contributed by atoms with Crippen LogP contribution in [0.4, 0.5) is 0 Å². The Kier molecular flexibility index (Phi) is 3.92. The Morgan fingerprint density at radius 1 is 0.962 bits per heavy atom. The van der Waals surface area contributed by atoms with Crippen LogP contribution < -0.4 is 0 Å². The predicted molar refractivity (Wildman–Crippen MR) is 106 cm³/mol. The van der Waals surface area contributed by atoms with Gasteiger partial charge in [0.1, 0.15) is 0 Å². The molecule has 3 fully saturated rings. The molecule has 0 unspecified atom stereocenters. The van der Waals surface area contributed by atoms with E-state index >= 15 is 0 Å². The molecule has 0 amide bonds. The first kappa shape index (κ1) is 16.8. The van der Waals surface area contributed by atoms with Crippen LogP contribution >= 0.6 is 0 Å². The zero-order chi connectivity index (χ0) is 17.8. The first-order valence-electron chi connectivity index (χ1n) is 10.9. The van der Waals surface area contributed by atoms with E-state index in [1.54, 1.807) is 0 Å². The molecule has 0 N–H and O–H groups in total. The summed E-state index contributed by atoms with van der Waals surface area (Å²) in [5.74, 6) is 3.01. The fraction of sp³-hybridized carbons (Fsp3) is 0.640. The van der Waals surface area contributed by atoms with Crippen molar-refractivity contribution < 1.29 is 4.79 Å². The number of hydrogen-bond acceptors (Lipinski definition) is 1. The monoisotopic (exact) mass is 348 g/mol. The van der Waals surface area contributed by atoms with Gasteiger partial charge in [-0.05, 0) is 91.6 Å². The lowest BCUT2D eigenvalue weighted by Crippen LogP contribution is -2.51. The summed E-state index contributed by atoms with van der Waals surface area (Å²) < 4.78 is 0. The van der Waals surface area contributed by atoms with Crippen LogP contribution in [0.2, 0.25) is 0 Å². The third-order valence-corrected chi connectivity index (χ3v) is 8.83. The molecule has 4 aliphatic carbocycles. The quantitative estimate of drug-likeness (QED) is 0.628. The summed E-state index contributed by atoms with van der Waals surface area (Å²) in [5, 5.41) is 0. The van der Waals surface area contributed by atoms with Crippen molar-refractivity contribution in [2.24, 2.45) is 28.6 Å². The number of hydrogen-bond donors (Lipinski definition) is 0. The number of carbonyl (C=O) groups is 1. The summed E-state index contributed by atoms with van der Waals surface area (Å²) in [6.07, 6.45) is 14.7. The van der Waals surface area contributed by atoms with E-state index in [0.717, 1.165) is 37.0 Å². The number of benzene rings is 1. The summed E-state index contributed by atoms with van der Waals surface area (Å²) in [6, 6.07) is 11.1. The maximum Gasteiger partial charge on any atom is 0.155 e. The number of rotatable bonds is 2. The Morgan fingerprint density at radius 2 is 1.81 bits per heavy atom. The highest BCUT2D eigenvalue weighted by Gasteiger charge is 2.57. The summed E-state index contributed by atoms with van der Waals surface area (Å²) in [6.45, 7) is 2.58. The molecule has 1 nitrogen and oxygen atoms in total. The van der Waals surface area contributed by atoms with E-state index in [9.17, 15) is 4.79 Å². The molecule has 0 heterocycles. The second kappa shape index (κ2) is 6.08. The Balaban J connectivity index is 1.55. The Bertz CT molecular complexity index is 732. The molecule has 0 aromatic heterocycles. The van der Waals surface area contributed by atoms with Crippen molar-refractivity contribution in [1.82, 2.24) is 0 Å². The van der Waals surface area contributed by atoms with E-state index in [0.29, 0.717) is 11.2 Å². The Morgan fingerprint density at radius 3 is 2.65 bits per heavy atom. The molecule has 138 valence electrons. The van der Waals surface area contributed by atoms with Gasteiger partial charge in [-0.15, -0.1) is 0 Å². The van der Waals surface area contributed by atoms with Crippen LogP contribution in [0.25, 0.3) is 0 Å². The van der Waals surface area contributed by atoms with Crippen LogP contribution in [0.1, 0.15) is 70.3 Å². The first-order valence-corrected chi connectivity index (χ1v) is 10.9. The van der Waals surface area contributed by atoms with Gasteiger partial charge in [-0.1, -0.05) is 49.2 Å². The van der Waals surface area contributed by atoms with Crippen molar-refractivity contribution in [3.8, 4) is 0 Å². The topological polar surface area (TPSA) is 17.1 Å². The average molecular weight is 349 g/mol. The maximum atomic E-state index is 12.2. The van der Waals surface area contributed by atoms with Gasteiger partial charge in [0.2, 0.25) is 0 Å². The van der Waals surface area contributed by atoms with Gasteiger partial charge in [-0.2, -0.15) is 0 Å². The molecule has 1 aromatic rings. The van der Waals surface area contributed by atoms with Crippen molar-refractivity contribution in [3.63, 3.8) is 0 Å². The summed E-state index contributed by atoms with van der Waals surface area (Å²) in [7, 11) is 0. The predicted octanol–water partition coefficient (Wildman–Crippen LogP) is 6.13. The van der Waals surface area contributed by atoms with E-state index < -0.39 is 0 Å². The highest BCUT2D eigenvalue weighted by Crippen LogP contribution is 2.66. The molecule has 0 bridgehead atoms. The summed E-state index contributed by atoms with van der Waals surface area (Å²) >= 11 is 0. The van der Waals surface area contributed by atoms with Gasteiger partial charge >= 0.3 is 0 Å². The third-order valence-electron chi connectivity index (χ3n) is 8.83. The summed E-state index contributed by atoms with van der Waals surface area (Å²) in [5.41, 5.74) is 3.86. The molecule has 1 heteroatoms. The SMILES string of the molecule is C[C@@]12CCC[C@H]1[C@@H]1CCC3=CC(=O)CC[C@]3(Cc3ccccc3)[C@@H]1CC2. The van der Waals surface area contributed by atoms with Crippen LogP contribution in [-0.4, -0.2) is 5.78 Å². The highest BCUT2D eigenvalue weighted by molar-refractivity contribution is 5.91. The minimum absolute atomic E-state index is 0.266. The van der Waals surface area contributed by atoms with Crippen molar-refractivity contribution in [2.45, 2.75) is 71.1 Å². The fourth-order valence-corrected chi connectivity index (χ4v) is 7.65. The van der Waals surface area contributed by atoms with E-state index in [1.165, 1.54) is 56.1 Å². The highest BCUT2D eigenvalue weighted by atomic mass is 16.1. The molecule has 0 radical (unpaired) electrons. The van der Waals surface area contributed by atoms with Gasteiger partial charge in [-0.25, -0.2) is 0 Å². The fourth-order valence-electron chi connectivity index (χ4n) is 7.65. The van der Waals surface area contributed by atoms with E-state index in [4.69, 9.17) is 0 Å². The molecule has 1 aromatic carbocycles. The molecule has 26 heavy (non-hydrogen) atoms. The van der Waals surface area contributed by atoms with E-state index in [1.807, 2.05) is 0 Å². The van der Waals surface area contributed by atoms with Crippen molar-refractivity contribution >= 4 is 5.78 Å². The van der Waals surface area contributed by atoms with Gasteiger partial charge in [-0.3, -0.25) is 4.79 Å². The molecule has 0 aliphatic heterocycles. The summed E-state index contributed by atoms with van der Waals surface area (Å²) in [4.78, 5) is 12.2. The molecular formula is C25H32O. The van der Waals surface area contributed by atoms with Crippen molar-refractivity contribution in [1.29, 1.82) is 0 Å². The smallest absolute Gasteiger partial charge is 0.155 e. The number of fused-ring (bicyclic) bond motifs is 5. The third kappa shape index (κ3) is 2.46. The Labute approximate surface area is 158 Å². The minimum Gasteiger partial charge on any atom is -0.295 e. The second-order valence-electron chi connectivity index (χ2n) is 9.95. The molecule has 3 saturated carbocycles. The molecule has 4 aliphatic rings. The van der Waals surface area contributed by atoms with Crippen molar-refractivity contribution in [3.05, 3.63) is 47.5 Å². The van der Waals surface area contributed by atoms with Crippen LogP contribution in [0.15, 0.2) is 42.0 Å². The van der Waals surface area contributed by atoms with Gasteiger partial charge in [0.05, 0.1) is 0 Å². The van der Waals surface area contributed by atoms with E-state index in [-0.39, 0.29) is 5.41 Å². The maximum absolute atomic E-state index is 12.2. The second-order valence-corrected chi connectivity index (χ2v) is 9.95. The minimum atomic E-state index is 0.266. The van der Waals surface area contributed by atoms with Crippen LogP contribution in [0.5, 0.6) is 0 Å². The van der Waals surface area contributed by atoms with Gasteiger partial charge < -0.3 is 0 Å². The number of ketones is 1.